The fraction of sp³-hybridized carbons (Fsp3) is 0.586. The molecule has 1 aliphatic carbocycles. The third kappa shape index (κ3) is 4.96. The molecule has 2 fully saturated rings. The highest BCUT2D eigenvalue weighted by molar-refractivity contribution is 6.04. The minimum atomic E-state index is -0.229. The quantitative estimate of drug-likeness (QED) is 0.538. The van der Waals surface area contributed by atoms with Crippen LogP contribution >= 0.6 is 0 Å². The molecular weight excluding hydrogens is 510 g/mol. The zero-order valence-corrected chi connectivity index (χ0v) is 23.6. The Kier molecular flexibility index (Phi) is 7.50. The number of carbonyl (C=O) groups is 2. The maximum atomic E-state index is 13.2. The summed E-state index contributed by atoms with van der Waals surface area (Å²) in [6, 6.07) is 3.76. The molecule has 0 radical (unpaired) electrons. The summed E-state index contributed by atoms with van der Waals surface area (Å²) in [4.78, 5) is 41.9. The summed E-state index contributed by atoms with van der Waals surface area (Å²) in [7, 11) is 3.86. The molecule has 3 aliphatic heterocycles. The Bertz CT molecular complexity index is 1280. The Morgan fingerprint density at radius 2 is 2.00 bits per heavy atom. The molecule has 1 unspecified atom stereocenters. The summed E-state index contributed by atoms with van der Waals surface area (Å²) in [6.45, 7) is 5.42. The van der Waals surface area contributed by atoms with Crippen molar-refractivity contribution in [1.82, 2.24) is 20.2 Å². The molecule has 2 N–H and O–H groups in total. The lowest BCUT2D eigenvalue weighted by molar-refractivity contribution is -0.120. The van der Waals surface area contributed by atoms with E-state index in [4.69, 9.17) is 14.5 Å². The van der Waals surface area contributed by atoms with Crippen LogP contribution in [0.4, 0.5) is 23.1 Å². The minimum Gasteiger partial charge on any atom is -0.491 e. The highest BCUT2D eigenvalue weighted by Crippen LogP contribution is 2.41. The summed E-state index contributed by atoms with van der Waals surface area (Å²) < 4.78 is 11.8. The number of anilines is 4. The Morgan fingerprint density at radius 1 is 1.18 bits per heavy atom. The van der Waals surface area contributed by atoms with Crippen LogP contribution in [0, 0.1) is 0 Å². The predicted octanol–water partition coefficient (Wildman–Crippen LogP) is 2.72. The SMILES string of the molecule is CC[C@@H]1C(=O)N(C)c2cnc(Nc3ccc(C(=O)NCC4CN(C)CCO4)c4c3OCC4)nc2N1C1CCCC1. The lowest BCUT2D eigenvalue weighted by atomic mass is 10.0. The van der Waals surface area contributed by atoms with Crippen molar-refractivity contribution in [3.63, 3.8) is 0 Å². The van der Waals surface area contributed by atoms with Crippen LogP contribution in [-0.2, 0) is 16.0 Å². The zero-order valence-electron chi connectivity index (χ0n) is 23.6. The molecular formula is C29H39N7O4. The van der Waals surface area contributed by atoms with Gasteiger partial charge in [-0.2, -0.15) is 4.98 Å². The second-order valence-corrected chi connectivity index (χ2v) is 11.2. The normalized spacial score (nSPS) is 23.1. The maximum Gasteiger partial charge on any atom is 0.251 e. The monoisotopic (exact) mass is 549 g/mol. The molecule has 4 aliphatic rings. The average Bonchev–Trinajstić information content (AvgIpc) is 3.67. The molecule has 214 valence electrons. The van der Waals surface area contributed by atoms with Crippen molar-refractivity contribution in [1.29, 1.82) is 0 Å². The number of likely N-dealkylation sites (N-methyl/N-ethyl adjacent to an activating group) is 2. The Balaban J connectivity index is 1.24. The van der Waals surface area contributed by atoms with Gasteiger partial charge in [0.1, 0.15) is 17.5 Å². The van der Waals surface area contributed by atoms with Crippen molar-refractivity contribution in [3.8, 4) is 5.75 Å². The van der Waals surface area contributed by atoms with Crippen molar-refractivity contribution >= 4 is 35.0 Å². The Hall–Kier alpha value is -3.44. The van der Waals surface area contributed by atoms with Crippen LogP contribution in [0.3, 0.4) is 0 Å². The lowest BCUT2D eigenvalue weighted by Crippen LogP contribution is -2.55. The molecule has 0 spiro atoms. The molecule has 1 saturated heterocycles. The minimum absolute atomic E-state index is 0.0143. The number of ether oxygens (including phenoxy) is 2. The van der Waals surface area contributed by atoms with Crippen LogP contribution in [0.5, 0.6) is 5.75 Å². The first-order valence-corrected chi connectivity index (χ1v) is 14.5. The van der Waals surface area contributed by atoms with Crippen molar-refractivity contribution in [3.05, 3.63) is 29.5 Å². The summed E-state index contributed by atoms with van der Waals surface area (Å²) in [6.07, 6.45) is 7.55. The number of fused-ring (bicyclic) bond motifs is 2. The van der Waals surface area contributed by atoms with Crippen LogP contribution in [0.25, 0.3) is 0 Å². The summed E-state index contributed by atoms with van der Waals surface area (Å²) in [5.41, 5.74) is 2.95. The van der Waals surface area contributed by atoms with E-state index in [-0.39, 0.29) is 24.0 Å². The highest BCUT2D eigenvalue weighted by atomic mass is 16.5. The number of hydrogen-bond donors (Lipinski definition) is 2. The van der Waals surface area contributed by atoms with E-state index < -0.39 is 0 Å². The average molecular weight is 550 g/mol. The van der Waals surface area contributed by atoms with E-state index in [0.29, 0.717) is 49.5 Å². The molecule has 1 aromatic heterocycles. The van der Waals surface area contributed by atoms with Crippen LogP contribution in [-0.4, -0.2) is 91.8 Å². The molecule has 4 heterocycles. The lowest BCUT2D eigenvalue weighted by Gasteiger charge is -2.43. The smallest absolute Gasteiger partial charge is 0.251 e. The summed E-state index contributed by atoms with van der Waals surface area (Å²) in [5.74, 6) is 1.86. The molecule has 1 saturated carbocycles. The fourth-order valence-electron chi connectivity index (χ4n) is 6.46. The third-order valence-electron chi connectivity index (χ3n) is 8.59. The highest BCUT2D eigenvalue weighted by Gasteiger charge is 2.41. The molecule has 6 rings (SSSR count). The van der Waals surface area contributed by atoms with Gasteiger partial charge in [0.25, 0.3) is 5.91 Å². The van der Waals surface area contributed by atoms with Crippen molar-refractivity contribution in [2.24, 2.45) is 0 Å². The van der Waals surface area contributed by atoms with Gasteiger partial charge >= 0.3 is 0 Å². The van der Waals surface area contributed by atoms with Gasteiger partial charge in [-0.15, -0.1) is 0 Å². The second kappa shape index (κ2) is 11.2. The third-order valence-corrected chi connectivity index (χ3v) is 8.59. The van der Waals surface area contributed by atoms with Crippen LogP contribution in [0.1, 0.15) is 54.9 Å². The van der Waals surface area contributed by atoms with E-state index in [0.717, 1.165) is 55.1 Å². The Morgan fingerprint density at radius 3 is 2.77 bits per heavy atom. The number of benzene rings is 1. The van der Waals surface area contributed by atoms with Crippen molar-refractivity contribution in [2.45, 2.75) is 63.6 Å². The molecule has 2 aromatic rings. The van der Waals surface area contributed by atoms with Gasteiger partial charge in [0, 0.05) is 50.3 Å². The zero-order chi connectivity index (χ0) is 27.8. The predicted molar refractivity (Wildman–Crippen MR) is 153 cm³/mol. The van der Waals surface area contributed by atoms with Gasteiger partial charge in [0.05, 0.1) is 31.2 Å². The topological polar surface area (TPSA) is 112 Å². The van der Waals surface area contributed by atoms with Gasteiger partial charge < -0.3 is 34.8 Å². The number of amides is 2. The van der Waals surface area contributed by atoms with Gasteiger partial charge in [0.2, 0.25) is 11.9 Å². The molecule has 40 heavy (non-hydrogen) atoms. The van der Waals surface area contributed by atoms with E-state index in [2.05, 4.69) is 39.4 Å². The van der Waals surface area contributed by atoms with Crippen LogP contribution in [0.2, 0.25) is 0 Å². The standard InChI is InChI=1S/C29H39N7O4/c1-4-23-28(38)35(3)24-16-31-29(33-26(24)36(23)18-7-5-6-8-18)32-22-10-9-21(20-11-13-40-25(20)22)27(37)30-15-19-17-34(2)12-14-39-19/h9-10,16,18-19,23H,4-8,11-15,17H2,1-3H3,(H,30,37)(H,31,32,33)/t19?,23-/m1/s1. The van der Waals surface area contributed by atoms with Crippen molar-refractivity contribution in [2.75, 3.05) is 62.1 Å². The molecule has 2 atom stereocenters. The number of aromatic nitrogens is 2. The number of carbonyl (C=O) groups excluding carboxylic acids is 2. The van der Waals surface area contributed by atoms with E-state index in [9.17, 15) is 9.59 Å². The van der Waals surface area contributed by atoms with E-state index in [1.54, 1.807) is 18.1 Å². The first-order valence-electron chi connectivity index (χ1n) is 14.5. The van der Waals surface area contributed by atoms with Crippen molar-refractivity contribution < 1.29 is 19.1 Å². The number of nitrogens with one attached hydrogen (secondary N) is 2. The number of hydrogen-bond acceptors (Lipinski definition) is 9. The second-order valence-electron chi connectivity index (χ2n) is 11.2. The molecule has 0 bridgehead atoms. The summed E-state index contributed by atoms with van der Waals surface area (Å²) in [5, 5.41) is 6.39. The molecule has 11 nitrogen and oxygen atoms in total. The molecule has 1 aromatic carbocycles. The number of morpholine rings is 1. The van der Waals surface area contributed by atoms with E-state index in [1.165, 1.54) is 12.8 Å². The van der Waals surface area contributed by atoms with Gasteiger partial charge in [-0.1, -0.05) is 19.8 Å². The van der Waals surface area contributed by atoms with Crippen LogP contribution in [0.15, 0.2) is 18.3 Å². The summed E-state index contributed by atoms with van der Waals surface area (Å²) >= 11 is 0. The van der Waals surface area contributed by atoms with Crippen LogP contribution < -0.4 is 25.2 Å². The van der Waals surface area contributed by atoms with Gasteiger partial charge in [-0.25, -0.2) is 4.98 Å². The Labute approximate surface area is 235 Å². The number of nitrogens with zero attached hydrogens (tertiary/aromatic N) is 5. The van der Waals surface area contributed by atoms with Gasteiger partial charge in [-0.05, 0) is 38.4 Å². The largest absolute Gasteiger partial charge is 0.491 e. The maximum absolute atomic E-state index is 13.2. The molecule has 11 heteroatoms. The number of rotatable bonds is 7. The van der Waals surface area contributed by atoms with Gasteiger partial charge in [0.15, 0.2) is 5.82 Å². The molecule has 2 amide bonds. The fourth-order valence-corrected chi connectivity index (χ4v) is 6.46. The van der Waals surface area contributed by atoms with E-state index in [1.807, 2.05) is 12.1 Å². The first kappa shape index (κ1) is 26.8. The first-order chi connectivity index (χ1) is 19.4. The van der Waals surface area contributed by atoms with Gasteiger partial charge in [-0.3, -0.25) is 9.59 Å². The van der Waals surface area contributed by atoms with E-state index >= 15 is 0 Å².